The minimum Gasteiger partial charge on any atom is -0.480 e. The fraction of sp³-hybridized carbons (Fsp3) is 0.125. The molecule has 0 saturated heterocycles. The third-order valence-corrected chi connectivity index (χ3v) is 4.16. The van der Waals surface area contributed by atoms with Crippen molar-refractivity contribution in [1.29, 1.82) is 0 Å². The van der Waals surface area contributed by atoms with E-state index < -0.39 is 5.97 Å². The molecule has 106 valence electrons. The van der Waals surface area contributed by atoms with Crippen molar-refractivity contribution >= 4 is 27.5 Å². The van der Waals surface area contributed by atoms with E-state index in [1.54, 1.807) is 17.4 Å². The van der Waals surface area contributed by atoms with E-state index in [2.05, 4.69) is 4.98 Å². The fourth-order valence-electron chi connectivity index (χ4n) is 2.11. The molecule has 0 aliphatic heterocycles. The monoisotopic (exact) mass is 299 g/mol. The Bertz CT molecular complexity index is 810. The lowest BCUT2D eigenvalue weighted by atomic mass is 10.1. The van der Waals surface area contributed by atoms with Crippen molar-refractivity contribution in [1.82, 2.24) is 4.98 Å². The van der Waals surface area contributed by atoms with Crippen molar-refractivity contribution in [3.05, 3.63) is 48.0 Å². The van der Waals surface area contributed by atoms with Crippen LogP contribution in [0.5, 0.6) is 5.75 Å². The number of aromatic nitrogens is 1. The number of hydrogen-bond donors (Lipinski definition) is 1. The Labute approximate surface area is 125 Å². The maximum Gasteiger partial charge on any atom is 0.341 e. The van der Waals surface area contributed by atoms with Crippen LogP contribution in [0.15, 0.2) is 42.5 Å². The normalized spacial score (nSPS) is 10.7. The summed E-state index contributed by atoms with van der Waals surface area (Å²) in [5.74, 6) is -0.493. The van der Waals surface area contributed by atoms with Crippen LogP contribution >= 0.6 is 11.3 Å². The van der Waals surface area contributed by atoms with Crippen LogP contribution in [0.2, 0.25) is 0 Å². The summed E-state index contributed by atoms with van der Waals surface area (Å²) < 4.78 is 6.29. The Morgan fingerprint density at radius 3 is 2.81 bits per heavy atom. The Morgan fingerprint density at radius 2 is 2.05 bits per heavy atom. The highest BCUT2D eigenvalue weighted by Crippen LogP contribution is 2.35. The van der Waals surface area contributed by atoms with Crippen molar-refractivity contribution in [2.24, 2.45) is 0 Å². The number of aliphatic carboxylic acids is 1. The quantitative estimate of drug-likeness (QED) is 0.797. The molecule has 0 unspecified atom stereocenters. The van der Waals surface area contributed by atoms with Crippen LogP contribution in [0, 0.1) is 6.92 Å². The lowest BCUT2D eigenvalue weighted by Crippen LogP contribution is -2.09. The van der Waals surface area contributed by atoms with E-state index >= 15 is 0 Å². The van der Waals surface area contributed by atoms with E-state index in [1.165, 1.54) is 0 Å². The number of nitrogens with zero attached hydrogens (tertiary/aromatic N) is 1. The zero-order valence-electron chi connectivity index (χ0n) is 11.4. The van der Waals surface area contributed by atoms with Crippen molar-refractivity contribution in [3.8, 4) is 16.3 Å². The molecule has 3 rings (SSSR count). The van der Waals surface area contributed by atoms with E-state index in [-0.39, 0.29) is 6.61 Å². The number of carbonyl (C=O) groups is 1. The average molecular weight is 299 g/mol. The van der Waals surface area contributed by atoms with Gasteiger partial charge in [0.2, 0.25) is 0 Å². The van der Waals surface area contributed by atoms with Gasteiger partial charge in [0.25, 0.3) is 0 Å². The van der Waals surface area contributed by atoms with Gasteiger partial charge in [-0.15, -0.1) is 11.3 Å². The molecule has 0 spiro atoms. The SMILES string of the molecule is Cc1ccccc1-c1nc2c(OCC(=O)O)cccc2s1. The molecule has 0 amide bonds. The first-order chi connectivity index (χ1) is 10.1. The highest BCUT2D eigenvalue weighted by molar-refractivity contribution is 7.21. The smallest absolute Gasteiger partial charge is 0.341 e. The van der Waals surface area contributed by atoms with Crippen LogP contribution in [0.4, 0.5) is 0 Å². The van der Waals surface area contributed by atoms with Crippen molar-refractivity contribution in [2.75, 3.05) is 6.61 Å². The van der Waals surface area contributed by atoms with Crippen molar-refractivity contribution < 1.29 is 14.6 Å². The molecule has 0 saturated carbocycles. The van der Waals surface area contributed by atoms with Gasteiger partial charge in [0, 0.05) is 5.56 Å². The number of carboxylic acids is 1. The Hall–Kier alpha value is -2.40. The number of aryl methyl sites for hydroxylation is 1. The molecule has 1 aromatic heterocycles. The maximum atomic E-state index is 10.6. The molecule has 0 bridgehead atoms. The van der Waals surface area contributed by atoms with Crippen LogP contribution in [-0.2, 0) is 4.79 Å². The van der Waals surface area contributed by atoms with Gasteiger partial charge in [-0.1, -0.05) is 30.3 Å². The van der Waals surface area contributed by atoms with Crippen molar-refractivity contribution in [2.45, 2.75) is 6.92 Å². The summed E-state index contributed by atoms with van der Waals surface area (Å²) >= 11 is 1.57. The van der Waals surface area contributed by atoms with Gasteiger partial charge in [-0.2, -0.15) is 0 Å². The molecule has 0 atom stereocenters. The molecule has 0 fully saturated rings. The van der Waals surface area contributed by atoms with Crippen LogP contribution in [-0.4, -0.2) is 22.7 Å². The number of fused-ring (bicyclic) bond motifs is 1. The van der Waals surface area contributed by atoms with Gasteiger partial charge < -0.3 is 9.84 Å². The van der Waals surface area contributed by atoms with E-state index in [4.69, 9.17) is 9.84 Å². The zero-order valence-corrected chi connectivity index (χ0v) is 12.2. The molecule has 0 aliphatic carbocycles. The van der Waals surface area contributed by atoms with E-state index in [1.807, 2.05) is 43.3 Å². The van der Waals surface area contributed by atoms with Crippen LogP contribution < -0.4 is 4.74 Å². The first-order valence-electron chi connectivity index (χ1n) is 6.45. The van der Waals surface area contributed by atoms with Gasteiger partial charge >= 0.3 is 5.97 Å². The summed E-state index contributed by atoms with van der Waals surface area (Å²) in [5, 5.41) is 9.64. The van der Waals surface area contributed by atoms with Crippen LogP contribution in [0.25, 0.3) is 20.8 Å². The number of rotatable bonds is 4. The molecule has 0 aliphatic rings. The molecule has 0 radical (unpaired) electrons. The lowest BCUT2D eigenvalue weighted by molar-refractivity contribution is -0.139. The van der Waals surface area contributed by atoms with Gasteiger partial charge in [-0.25, -0.2) is 9.78 Å². The van der Waals surface area contributed by atoms with Gasteiger partial charge in [0.1, 0.15) is 16.3 Å². The Kier molecular flexibility index (Phi) is 3.58. The predicted molar refractivity (Wildman–Crippen MR) is 82.9 cm³/mol. The molecule has 2 aromatic carbocycles. The predicted octanol–water partition coefficient (Wildman–Crippen LogP) is 3.74. The number of hydrogen-bond acceptors (Lipinski definition) is 4. The number of carboxylic acid groups (broad SMARTS) is 1. The molecule has 1 N–H and O–H groups in total. The van der Waals surface area contributed by atoms with Gasteiger partial charge in [-0.3, -0.25) is 0 Å². The molecule has 4 nitrogen and oxygen atoms in total. The largest absolute Gasteiger partial charge is 0.480 e. The minimum absolute atomic E-state index is 0.365. The molecule has 5 heteroatoms. The standard InChI is InChI=1S/C16H13NO3S/c1-10-5-2-3-6-11(10)16-17-15-12(20-9-14(18)19)7-4-8-13(15)21-16/h2-8H,9H2,1H3,(H,18,19). The highest BCUT2D eigenvalue weighted by atomic mass is 32.1. The minimum atomic E-state index is -0.999. The van der Waals surface area contributed by atoms with Crippen LogP contribution in [0.1, 0.15) is 5.56 Å². The number of thiazole rings is 1. The third kappa shape index (κ3) is 2.73. The van der Waals surface area contributed by atoms with E-state index in [0.717, 1.165) is 20.8 Å². The second-order valence-corrected chi connectivity index (χ2v) is 5.65. The van der Waals surface area contributed by atoms with Crippen LogP contribution in [0.3, 0.4) is 0 Å². The summed E-state index contributed by atoms with van der Waals surface area (Å²) in [6.07, 6.45) is 0. The molecule has 21 heavy (non-hydrogen) atoms. The lowest BCUT2D eigenvalue weighted by Gasteiger charge is -2.03. The van der Waals surface area contributed by atoms with Gasteiger partial charge in [0.15, 0.2) is 6.61 Å². The maximum absolute atomic E-state index is 10.6. The summed E-state index contributed by atoms with van der Waals surface area (Å²) in [4.78, 5) is 15.3. The Balaban J connectivity index is 2.06. The summed E-state index contributed by atoms with van der Waals surface area (Å²) in [5.41, 5.74) is 2.95. The summed E-state index contributed by atoms with van der Waals surface area (Å²) in [6.45, 7) is 1.68. The molecule has 3 aromatic rings. The topological polar surface area (TPSA) is 59.4 Å². The van der Waals surface area contributed by atoms with E-state index in [0.29, 0.717) is 11.3 Å². The average Bonchev–Trinajstić information content (AvgIpc) is 2.89. The summed E-state index contributed by atoms with van der Waals surface area (Å²) in [7, 11) is 0. The van der Waals surface area contributed by atoms with Gasteiger partial charge in [0.05, 0.1) is 4.70 Å². The van der Waals surface area contributed by atoms with E-state index in [9.17, 15) is 4.79 Å². The third-order valence-electron chi connectivity index (χ3n) is 3.11. The fourth-order valence-corrected chi connectivity index (χ4v) is 3.18. The number of ether oxygens (including phenoxy) is 1. The second-order valence-electron chi connectivity index (χ2n) is 4.62. The molecule has 1 heterocycles. The van der Waals surface area contributed by atoms with Gasteiger partial charge in [-0.05, 0) is 24.6 Å². The molecular formula is C16H13NO3S. The zero-order chi connectivity index (χ0) is 14.8. The summed E-state index contributed by atoms with van der Waals surface area (Å²) in [6, 6.07) is 13.6. The Morgan fingerprint density at radius 1 is 1.24 bits per heavy atom. The first-order valence-corrected chi connectivity index (χ1v) is 7.27. The highest BCUT2D eigenvalue weighted by Gasteiger charge is 2.12. The van der Waals surface area contributed by atoms with Crippen molar-refractivity contribution in [3.63, 3.8) is 0 Å². The molecular weight excluding hydrogens is 286 g/mol. The first kappa shape index (κ1) is 13.6. The number of benzene rings is 2. The second kappa shape index (κ2) is 5.54. The number of para-hydroxylation sites is 1.